The van der Waals surface area contributed by atoms with Crippen LogP contribution < -0.4 is 16.0 Å². The largest absolute Gasteiger partial charge is 0.480 e. The number of hydrogen-bond acceptors (Lipinski definition) is 7. The van der Waals surface area contributed by atoms with Gasteiger partial charge in [-0.1, -0.05) is 133 Å². The molecule has 0 aliphatic heterocycles. The molecule has 2 atom stereocenters. The Hall–Kier alpha value is -4.41. The van der Waals surface area contributed by atoms with Crippen molar-refractivity contribution in [2.75, 3.05) is 13.2 Å². The lowest BCUT2D eigenvalue weighted by Crippen LogP contribution is -2.44. The lowest BCUT2D eigenvalue weighted by atomic mass is 9.98. The number of hydrogen-bond donors (Lipinski definition) is 4. The van der Waals surface area contributed by atoms with E-state index >= 15 is 0 Å². The van der Waals surface area contributed by atoms with E-state index in [4.69, 9.17) is 9.47 Å². The topological polar surface area (TPSA) is 160 Å². The molecule has 57 heavy (non-hydrogen) atoms. The van der Waals surface area contributed by atoms with Gasteiger partial charge in [0.2, 0.25) is 11.8 Å². The number of fused-ring (bicyclic) bond motifs is 3. The zero-order valence-electron chi connectivity index (χ0n) is 35.0. The van der Waals surface area contributed by atoms with Gasteiger partial charge in [0.25, 0.3) is 0 Å². The number of unbranched alkanes of at least 4 members (excludes halogenated alkanes) is 13. The van der Waals surface area contributed by atoms with Crippen LogP contribution >= 0.6 is 0 Å². The molecule has 0 fully saturated rings. The summed E-state index contributed by atoms with van der Waals surface area (Å²) in [6.07, 6.45) is 16.4. The van der Waals surface area contributed by atoms with Gasteiger partial charge in [-0.3, -0.25) is 9.59 Å². The average Bonchev–Trinajstić information content (AvgIpc) is 3.49. The van der Waals surface area contributed by atoms with Crippen LogP contribution in [0.25, 0.3) is 11.1 Å². The van der Waals surface area contributed by atoms with Crippen LogP contribution in [0.2, 0.25) is 0 Å². The molecule has 1 aliphatic carbocycles. The van der Waals surface area contributed by atoms with Crippen molar-refractivity contribution in [3.8, 4) is 11.1 Å². The van der Waals surface area contributed by atoms with Crippen molar-refractivity contribution in [3.05, 3.63) is 59.7 Å². The maximum atomic E-state index is 13.1. The van der Waals surface area contributed by atoms with Crippen LogP contribution in [0.5, 0.6) is 0 Å². The molecule has 0 spiro atoms. The first-order valence-electron chi connectivity index (χ1n) is 21.5. The Bertz CT molecular complexity index is 1510. The Morgan fingerprint density at radius 3 is 1.74 bits per heavy atom. The Kier molecular flexibility index (Phi) is 21.2. The van der Waals surface area contributed by atoms with E-state index in [-0.39, 0.29) is 50.0 Å². The van der Waals surface area contributed by atoms with Crippen molar-refractivity contribution in [2.24, 2.45) is 0 Å². The second kappa shape index (κ2) is 25.8. The molecule has 0 saturated heterocycles. The van der Waals surface area contributed by atoms with Gasteiger partial charge < -0.3 is 30.5 Å². The van der Waals surface area contributed by atoms with Crippen LogP contribution in [0.4, 0.5) is 4.79 Å². The lowest BCUT2D eigenvalue weighted by molar-refractivity contribution is -0.157. The highest BCUT2D eigenvalue weighted by molar-refractivity contribution is 5.84. The molecule has 316 valence electrons. The number of benzene rings is 2. The number of amides is 3. The first-order valence-corrected chi connectivity index (χ1v) is 21.5. The molecule has 0 heterocycles. The lowest BCUT2D eigenvalue weighted by Gasteiger charge is -2.24. The normalized spacial score (nSPS) is 13.2. The Morgan fingerprint density at radius 1 is 0.649 bits per heavy atom. The molecule has 4 N–H and O–H groups in total. The van der Waals surface area contributed by atoms with Gasteiger partial charge in [0, 0.05) is 25.3 Å². The van der Waals surface area contributed by atoms with E-state index in [1.807, 2.05) is 36.4 Å². The van der Waals surface area contributed by atoms with Crippen LogP contribution in [-0.4, -0.2) is 65.8 Å². The number of rotatable bonds is 28. The SMILES string of the molecule is CCCCCCCCCCCCCCCC(=O)N[C@@H](CCC(=O)NCCCC[C@H](NC(=O)OCC1c2ccccc2-c2ccccc21)C(=O)OC(C)(C)C)C(=O)O. The van der Waals surface area contributed by atoms with E-state index in [2.05, 4.69) is 35.0 Å². The molecular weight excluding hydrogens is 723 g/mol. The van der Waals surface area contributed by atoms with Crippen LogP contribution in [0, 0.1) is 0 Å². The molecule has 0 aromatic heterocycles. The summed E-state index contributed by atoms with van der Waals surface area (Å²) in [6.45, 7) is 7.91. The monoisotopic (exact) mass is 792 g/mol. The quantitative estimate of drug-likeness (QED) is 0.0490. The van der Waals surface area contributed by atoms with E-state index < -0.39 is 35.7 Å². The fourth-order valence-corrected chi connectivity index (χ4v) is 7.30. The molecule has 0 radical (unpaired) electrons. The van der Waals surface area contributed by atoms with E-state index in [0.717, 1.165) is 41.5 Å². The van der Waals surface area contributed by atoms with Crippen molar-refractivity contribution in [3.63, 3.8) is 0 Å². The van der Waals surface area contributed by atoms with Gasteiger partial charge in [0.1, 0.15) is 24.3 Å². The predicted octanol–water partition coefficient (Wildman–Crippen LogP) is 9.35. The van der Waals surface area contributed by atoms with Gasteiger partial charge in [-0.2, -0.15) is 0 Å². The van der Waals surface area contributed by atoms with E-state index in [9.17, 15) is 29.1 Å². The molecule has 0 bridgehead atoms. The number of ether oxygens (including phenoxy) is 2. The van der Waals surface area contributed by atoms with E-state index in [1.165, 1.54) is 57.8 Å². The van der Waals surface area contributed by atoms with Crippen molar-refractivity contribution in [1.29, 1.82) is 0 Å². The van der Waals surface area contributed by atoms with Crippen molar-refractivity contribution >= 4 is 29.8 Å². The number of carbonyl (C=O) groups is 5. The highest BCUT2D eigenvalue weighted by Crippen LogP contribution is 2.44. The van der Waals surface area contributed by atoms with Crippen LogP contribution in [0.1, 0.15) is 167 Å². The van der Waals surface area contributed by atoms with Crippen molar-refractivity contribution in [1.82, 2.24) is 16.0 Å². The fraction of sp³-hybridized carbons (Fsp3) is 0.630. The highest BCUT2D eigenvalue weighted by Gasteiger charge is 2.31. The predicted molar refractivity (Wildman–Crippen MR) is 224 cm³/mol. The van der Waals surface area contributed by atoms with Gasteiger partial charge in [-0.25, -0.2) is 14.4 Å². The minimum Gasteiger partial charge on any atom is -0.480 e. The summed E-state index contributed by atoms with van der Waals surface area (Å²) in [7, 11) is 0. The van der Waals surface area contributed by atoms with E-state index in [0.29, 0.717) is 25.8 Å². The standard InChI is InChI=1S/C46H69N3O8/c1-5-6-7-8-9-10-11-12-13-14-15-16-17-29-42(51)48-39(43(52)53)30-31-41(50)47-32-23-22-28-40(44(54)57-46(2,3)4)49-45(55)56-33-38-36-26-20-18-24-34(36)35-25-19-21-27-37(35)38/h18-21,24-27,38-40H,5-17,22-23,28-33H2,1-4H3,(H,47,50)(H,48,51)(H,49,55)(H,52,53)/t39-,40-/m0/s1. The summed E-state index contributed by atoms with van der Waals surface area (Å²) >= 11 is 0. The molecule has 2 aromatic carbocycles. The fourth-order valence-electron chi connectivity index (χ4n) is 7.30. The molecular formula is C46H69N3O8. The molecule has 11 heteroatoms. The number of carboxylic acids is 1. The summed E-state index contributed by atoms with van der Waals surface area (Å²) in [5.41, 5.74) is 3.64. The van der Waals surface area contributed by atoms with Crippen molar-refractivity contribution < 1.29 is 38.6 Å². The maximum Gasteiger partial charge on any atom is 0.407 e. The second-order valence-corrected chi connectivity index (χ2v) is 16.4. The number of aliphatic carboxylic acids is 1. The minimum absolute atomic E-state index is 0.0176. The first kappa shape index (κ1) is 47.0. The van der Waals surface area contributed by atoms with Gasteiger partial charge in [-0.05, 0) is 75.1 Å². The molecule has 3 rings (SSSR count). The number of carbonyl (C=O) groups excluding carboxylic acids is 4. The zero-order chi connectivity index (χ0) is 41.5. The van der Waals surface area contributed by atoms with Crippen LogP contribution in [0.3, 0.4) is 0 Å². The summed E-state index contributed by atoms with van der Waals surface area (Å²) < 4.78 is 11.2. The second-order valence-electron chi connectivity index (χ2n) is 16.4. The Morgan fingerprint density at radius 2 is 1.19 bits per heavy atom. The average molecular weight is 792 g/mol. The summed E-state index contributed by atoms with van der Waals surface area (Å²) in [5, 5.41) is 17.7. The third kappa shape index (κ3) is 18.2. The first-order chi connectivity index (χ1) is 27.4. The molecule has 1 aliphatic rings. The molecule has 0 saturated carbocycles. The van der Waals surface area contributed by atoms with Gasteiger partial charge in [-0.15, -0.1) is 0 Å². The summed E-state index contributed by atoms with van der Waals surface area (Å²) in [4.78, 5) is 62.9. The van der Waals surface area contributed by atoms with Gasteiger partial charge in [0.15, 0.2) is 0 Å². The van der Waals surface area contributed by atoms with Crippen molar-refractivity contribution in [2.45, 2.75) is 173 Å². The molecule has 11 nitrogen and oxygen atoms in total. The summed E-state index contributed by atoms with van der Waals surface area (Å²) in [6, 6.07) is 14.0. The number of alkyl carbamates (subject to hydrolysis) is 1. The molecule has 0 unspecified atom stereocenters. The Labute approximate surface area is 340 Å². The minimum atomic E-state index is -1.17. The van der Waals surface area contributed by atoms with Crippen LogP contribution in [-0.2, 0) is 28.7 Å². The number of carboxylic acid groups (broad SMARTS) is 1. The highest BCUT2D eigenvalue weighted by atomic mass is 16.6. The smallest absolute Gasteiger partial charge is 0.407 e. The number of nitrogens with one attached hydrogen (secondary N) is 3. The van der Waals surface area contributed by atoms with Crippen LogP contribution in [0.15, 0.2) is 48.5 Å². The molecule has 2 aromatic rings. The maximum absolute atomic E-state index is 13.1. The van der Waals surface area contributed by atoms with Gasteiger partial charge >= 0.3 is 18.0 Å². The summed E-state index contributed by atoms with van der Waals surface area (Å²) in [5.74, 6) is -2.50. The third-order valence-corrected chi connectivity index (χ3v) is 10.4. The zero-order valence-corrected chi connectivity index (χ0v) is 35.0. The number of esters is 1. The molecule has 3 amide bonds. The van der Waals surface area contributed by atoms with Gasteiger partial charge in [0.05, 0.1) is 0 Å². The third-order valence-electron chi connectivity index (χ3n) is 10.4. The Balaban J connectivity index is 1.32. The van der Waals surface area contributed by atoms with E-state index in [1.54, 1.807) is 20.8 Å².